The minimum atomic E-state index is -3.63. The second-order valence-electron chi connectivity index (χ2n) is 14.5. The Morgan fingerprint density at radius 3 is 2.40 bits per heavy atom. The van der Waals surface area contributed by atoms with Crippen molar-refractivity contribution in [3.05, 3.63) is 58.2 Å². The molecule has 1 saturated heterocycles. The van der Waals surface area contributed by atoms with Crippen molar-refractivity contribution in [2.24, 2.45) is 22.4 Å². The molecule has 1 aliphatic heterocycles. The van der Waals surface area contributed by atoms with Gasteiger partial charge in [0, 0.05) is 11.3 Å². The van der Waals surface area contributed by atoms with E-state index in [1.165, 1.54) is 29.6 Å². The van der Waals surface area contributed by atoms with Crippen LogP contribution in [0.1, 0.15) is 94.6 Å². The number of hydrogen-bond acceptors (Lipinski definition) is 7. The van der Waals surface area contributed by atoms with Crippen LogP contribution < -0.4 is 0 Å². The van der Waals surface area contributed by atoms with Gasteiger partial charge in [-0.15, -0.1) is 6.42 Å². The van der Waals surface area contributed by atoms with Crippen LogP contribution in [0.5, 0.6) is 0 Å². The number of nitrogens with zero attached hydrogens (tertiary/aromatic N) is 1. The number of hydrogen-bond donors (Lipinski definition) is 4. The topological polar surface area (TPSA) is 112 Å². The molecule has 0 radical (unpaired) electrons. The maximum Gasteiger partial charge on any atom is 0.336 e. The number of ether oxygens (including phenoxy) is 1. The predicted octanol–water partition coefficient (Wildman–Crippen LogP) is 5.09. The van der Waals surface area contributed by atoms with Crippen LogP contribution in [0.2, 0.25) is 0 Å². The number of oxime groups is 1. The van der Waals surface area contributed by atoms with E-state index in [4.69, 9.17) is 16.0 Å². The fourth-order valence-electron chi connectivity index (χ4n) is 9.32. The van der Waals surface area contributed by atoms with Crippen LogP contribution in [-0.4, -0.2) is 68.4 Å². The summed E-state index contributed by atoms with van der Waals surface area (Å²) in [5.41, 5.74) is 3.48. The molecule has 9 heteroatoms. The van der Waals surface area contributed by atoms with Crippen LogP contribution in [0.15, 0.2) is 52.2 Å². The first-order chi connectivity index (χ1) is 21.4. The number of aliphatic hydroxyl groups is 4. The van der Waals surface area contributed by atoms with Gasteiger partial charge in [-0.25, -0.2) is 0 Å². The highest BCUT2D eigenvalue weighted by Crippen LogP contribution is 2.69. The van der Waals surface area contributed by atoms with E-state index in [9.17, 15) is 20.4 Å². The van der Waals surface area contributed by atoms with Gasteiger partial charge in [-0.2, -0.15) is 8.78 Å². The molecule has 7 nitrogen and oxygen atoms in total. The van der Waals surface area contributed by atoms with E-state index in [2.05, 4.69) is 29.4 Å². The second kappa shape index (κ2) is 11.0. The molecular formula is C36H43F2NO6. The lowest BCUT2D eigenvalue weighted by Crippen LogP contribution is -2.60. The first-order valence-electron chi connectivity index (χ1n) is 16.4. The number of terminal acetylenes is 1. The van der Waals surface area contributed by atoms with Crippen LogP contribution >= 0.6 is 0 Å². The van der Waals surface area contributed by atoms with Crippen molar-refractivity contribution in [1.29, 1.82) is 0 Å². The minimum Gasteiger partial charge on any atom is -0.388 e. The van der Waals surface area contributed by atoms with Crippen LogP contribution in [0.25, 0.3) is 0 Å². The Morgan fingerprint density at radius 1 is 1.00 bits per heavy atom. The summed E-state index contributed by atoms with van der Waals surface area (Å²) in [4.78, 5) is 5.54. The lowest BCUT2D eigenvalue weighted by molar-refractivity contribution is -0.293. The monoisotopic (exact) mass is 623 g/mol. The summed E-state index contributed by atoms with van der Waals surface area (Å²) in [6, 6.07) is 8.67. The van der Waals surface area contributed by atoms with Gasteiger partial charge in [-0.05, 0) is 117 Å². The fourth-order valence-corrected chi connectivity index (χ4v) is 9.32. The first kappa shape index (κ1) is 31.0. The molecular weight excluding hydrogens is 580 g/mol. The summed E-state index contributed by atoms with van der Waals surface area (Å²) in [7, 11) is 0. The highest BCUT2D eigenvalue weighted by molar-refractivity contribution is 5.97. The molecule has 242 valence electrons. The van der Waals surface area contributed by atoms with Gasteiger partial charge in [-0.1, -0.05) is 41.9 Å². The third-order valence-electron chi connectivity index (χ3n) is 12.1. The fraction of sp³-hybridized carbons (Fsp3) is 0.639. The lowest BCUT2D eigenvalue weighted by Gasteiger charge is -2.55. The van der Waals surface area contributed by atoms with Crippen molar-refractivity contribution < 1.29 is 38.8 Å². The van der Waals surface area contributed by atoms with Gasteiger partial charge in [0.1, 0.15) is 23.9 Å². The number of allylic oxidation sites excluding steroid dienone is 4. The molecule has 5 aliphatic carbocycles. The molecule has 3 saturated carbocycles. The quantitative estimate of drug-likeness (QED) is 0.269. The average molecular weight is 624 g/mol. The van der Waals surface area contributed by atoms with Gasteiger partial charge in [0.15, 0.2) is 0 Å². The third kappa shape index (κ3) is 4.82. The molecule has 0 bridgehead atoms. The normalized spacial score (nSPS) is 42.4. The molecule has 45 heavy (non-hydrogen) atoms. The van der Waals surface area contributed by atoms with Gasteiger partial charge in [0.05, 0.1) is 11.8 Å². The zero-order valence-electron chi connectivity index (χ0n) is 25.8. The Bertz CT molecular complexity index is 1480. The van der Waals surface area contributed by atoms with Gasteiger partial charge in [0.25, 0.3) is 6.29 Å². The van der Waals surface area contributed by atoms with E-state index in [1.54, 1.807) is 12.8 Å². The van der Waals surface area contributed by atoms with Crippen molar-refractivity contribution in [2.75, 3.05) is 0 Å². The second-order valence-corrected chi connectivity index (χ2v) is 14.5. The molecule has 0 aromatic heterocycles. The Morgan fingerprint density at radius 2 is 1.71 bits per heavy atom. The van der Waals surface area contributed by atoms with Crippen LogP contribution in [0.4, 0.5) is 8.78 Å². The lowest BCUT2D eigenvalue weighted by atomic mass is 9.50. The van der Waals surface area contributed by atoms with Crippen molar-refractivity contribution in [2.45, 2.75) is 126 Å². The molecule has 1 aromatic rings. The number of halogens is 2. The molecule has 4 fully saturated rings. The summed E-state index contributed by atoms with van der Waals surface area (Å²) < 4.78 is 36.3. The number of benzene rings is 1. The molecule has 1 heterocycles. The van der Waals surface area contributed by atoms with E-state index in [0.717, 1.165) is 24.0 Å². The van der Waals surface area contributed by atoms with Crippen molar-refractivity contribution in [3.8, 4) is 12.3 Å². The molecule has 7 rings (SSSR count). The van der Waals surface area contributed by atoms with E-state index < -0.39 is 47.6 Å². The third-order valence-corrected chi connectivity index (χ3v) is 12.1. The number of fused-ring (bicyclic) bond motifs is 4. The largest absolute Gasteiger partial charge is 0.388 e. The molecule has 1 aromatic carbocycles. The number of alkyl halides is 2. The summed E-state index contributed by atoms with van der Waals surface area (Å²) in [6.45, 7) is 3.43. The Labute approximate surface area is 263 Å². The molecule has 10 atom stereocenters. The average Bonchev–Trinajstić information content (AvgIpc) is 3.85. The number of rotatable bonds is 5. The molecule has 6 aliphatic rings. The molecule has 0 amide bonds. The maximum absolute atomic E-state index is 15.4. The zero-order valence-corrected chi connectivity index (χ0v) is 25.8. The van der Waals surface area contributed by atoms with Gasteiger partial charge >= 0.3 is 5.92 Å². The smallest absolute Gasteiger partial charge is 0.336 e. The highest BCUT2D eigenvalue weighted by Gasteiger charge is 2.71. The molecule has 0 spiro atoms. The van der Waals surface area contributed by atoms with Crippen molar-refractivity contribution >= 4 is 5.71 Å². The minimum absolute atomic E-state index is 0.0198. The molecule has 0 unspecified atom stereocenters. The van der Waals surface area contributed by atoms with E-state index >= 15 is 8.78 Å². The summed E-state index contributed by atoms with van der Waals surface area (Å²) >= 11 is 0. The van der Waals surface area contributed by atoms with Crippen LogP contribution in [0.3, 0.4) is 0 Å². The Hall–Kier alpha value is -2.61. The predicted molar refractivity (Wildman–Crippen MR) is 163 cm³/mol. The number of aliphatic hydroxyl groups excluding tert-OH is 3. The van der Waals surface area contributed by atoms with E-state index in [0.29, 0.717) is 37.3 Å². The Kier molecular flexibility index (Phi) is 7.57. The van der Waals surface area contributed by atoms with E-state index in [-0.39, 0.29) is 24.2 Å². The molecule has 4 N–H and O–H groups in total. The van der Waals surface area contributed by atoms with E-state index in [1.807, 2.05) is 13.0 Å². The standard InChI is InChI=1S/C36H43F2NO6/c1-4-36(37,38)35(43)16-15-28-26-13-11-23-17-24(39-45-33-32(42)31(41)30(40)19(2)44-33)12-14-25(23)29(26)27(18-34(28,35)3)22-9-7-21(8-10-22)20-5-6-20/h1,7-10,17,19-20,26-28,30-33,40-43H,5-6,11-16,18H2,2-3H3/b39-24+/t19-,26-,27+,28-,30+,31+,32-,33-,34-,35-/m0/s1. The zero-order chi connectivity index (χ0) is 31.9. The van der Waals surface area contributed by atoms with Gasteiger partial charge in [-0.3, -0.25) is 0 Å². The van der Waals surface area contributed by atoms with Crippen molar-refractivity contribution in [1.82, 2.24) is 0 Å². The SMILES string of the molecule is C#CC(F)(F)[C@]1(O)CC[C@H]2[C@@H]3CCC4=C/C(=N/O[C@@H]5O[C@@H](C)[C@@H](O)[C@@H](O)[C@@H]5O)CCC4=C3[C@@H](c3ccc(C4CC4)cc3)C[C@@]21C. The maximum atomic E-state index is 15.4. The van der Waals surface area contributed by atoms with Gasteiger partial charge in [0.2, 0.25) is 0 Å². The van der Waals surface area contributed by atoms with Crippen molar-refractivity contribution in [3.63, 3.8) is 0 Å². The summed E-state index contributed by atoms with van der Waals surface area (Å²) in [5, 5.41) is 46.5. The highest BCUT2D eigenvalue weighted by atomic mass is 19.3. The summed E-state index contributed by atoms with van der Waals surface area (Å²) in [6.07, 6.45) is 7.42. The van der Waals surface area contributed by atoms with Crippen LogP contribution in [-0.2, 0) is 9.57 Å². The van der Waals surface area contributed by atoms with Crippen LogP contribution in [0, 0.1) is 29.6 Å². The first-order valence-corrected chi connectivity index (χ1v) is 16.4. The summed E-state index contributed by atoms with van der Waals surface area (Å²) in [5.74, 6) is -1.55. The Balaban J connectivity index is 1.24. The van der Waals surface area contributed by atoms with Gasteiger partial charge < -0.3 is 30.0 Å².